The summed E-state index contributed by atoms with van der Waals surface area (Å²) in [5.74, 6) is 2.37. The molecule has 1 amide bonds. The van der Waals surface area contributed by atoms with Gasteiger partial charge in [-0.05, 0) is 31.6 Å². The fourth-order valence-electron chi connectivity index (χ4n) is 3.09. The van der Waals surface area contributed by atoms with E-state index in [0.29, 0.717) is 30.0 Å². The number of likely N-dealkylation sites (tertiary alicyclic amines) is 1. The van der Waals surface area contributed by atoms with Gasteiger partial charge >= 0.3 is 0 Å². The molecule has 1 saturated carbocycles. The Morgan fingerprint density at radius 3 is 3.00 bits per heavy atom. The lowest BCUT2D eigenvalue weighted by Gasteiger charge is -2.31. The van der Waals surface area contributed by atoms with E-state index in [1.807, 2.05) is 4.90 Å². The third-order valence-electron chi connectivity index (χ3n) is 4.48. The van der Waals surface area contributed by atoms with E-state index in [1.165, 1.54) is 19.0 Å². The summed E-state index contributed by atoms with van der Waals surface area (Å²) in [5, 5.41) is 4.06. The normalized spacial score (nSPS) is 21.4. The average Bonchev–Trinajstić information content (AvgIpc) is 3.35. The van der Waals surface area contributed by atoms with Crippen molar-refractivity contribution in [2.24, 2.45) is 5.92 Å². The van der Waals surface area contributed by atoms with Crippen molar-refractivity contribution in [1.29, 1.82) is 0 Å². The maximum atomic E-state index is 12.5. The molecule has 2 fully saturated rings. The minimum absolute atomic E-state index is 0.0491. The number of carbonyl (C=O) groups is 1. The Hall–Kier alpha value is -2.31. The number of rotatable bonds is 4. The van der Waals surface area contributed by atoms with E-state index in [1.54, 1.807) is 12.4 Å². The SMILES string of the molecule is O=C(c1cnccn1)N1CCCC(Cc2nc(C3CC3)no2)C1. The molecule has 1 saturated heterocycles. The molecule has 0 radical (unpaired) electrons. The second kappa shape index (κ2) is 6.06. The molecule has 0 aromatic carbocycles. The van der Waals surface area contributed by atoms with Gasteiger partial charge in [0.2, 0.25) is 5.89 Å². The van der Waals surface area contributed by atoms with Crippen LogP contribution in [0.25, 0.3) is 0 Å². The zero-order valence-corrected chi connectivity index (χ0v) is 12.9. The zero-order chi connectivity index (χ0) is 15.6. The van der Waals surface area contributed by atoms with E-state index in [4.69, 9.17) is 4.52 Å². The third kappa shape index (κ3) is 3.23. The van der Waals surface area contributed by atoms with Gasteiger partial charge in [-0.25, -0.2) is 4.98 Å². The highest BCUT2D eigenvalue weighted by Crippen LogP contribution is 2.38. The number of nitrogens with zero attached hydrogens (tertiary/aromatic N) is 5. The molecule has 3 heterocycles. The topological polar surface area (TPSA) is 85.0 Å². The second-order valence-electron chi connectivity index (χ2n) is 6.37. The van der Waals surface area contributed by atoms with Gasteiger partial charge < -0.3 is 9.42 Å². The van der Waals surface area contributed by atoms with Gasteiger partial charge in [0, 0.05) is 37.8 Å². The first-order valence-electron chi connectivity index (χ1n) is 8.17. The van der Waals surface area contributed by atoms with Crippen molar-refractivity contribution >= 4 is 5.91 Å². The first-order valence-corrected chi connectivity index (χ1v) is 8.17. The molecule has 1 unspecified atom stereocenters. The molecule has 7 nitrogen and oxygen atoms in total. The smallest absolute Gasteiger partial charge is 0.274 e. The summed E-state index contributed by atoms with van der Waals surface area (Å²) >= 11 is 0. The molecule has 1 aliphatic heterocycles. The first kappa shape index (κ1) is 14.3. The van der Waals surface area contributed by atoms with Gasteiger partial charge in [-0.2, -0.15) is 4.98 Å². The van der Waals surface area contributed by atoms with Crippen molar-refractivity contribution in [1.82, 2.24) is 25.0 Å². The van der Waals surface area contributed by atoms with Crippen LogP contribution in [0.4, 0.5) is 0 Å². The molecule has 0 bridgehead atoms. The Labute approximate surface area is 134 Å². The second-order valence-corrected chi connectivity index (χ2v) is 6.37. The summed E-state index contributed by atoms with van der Waals surface area (Å²) < 4.78 is 5.36. The molecule has 2 aromatic heterocycles. The van der Waals surface area contributed by atoms with Crippen LogP contribution in [-0.4, -0.2) is 44.0 Å². The van der Waals surface area contributed by atoms with Crippen LogP contribution in [0, 0.1) is 5.92 Å². The van der Waals surface area contributed by atoms with Crippen molar-refractivity contribution in [2.45, 2.75) is 38.0 Å². The highest BCUT2D eigenvalue weighted by atomic mass is 16.5. The summed E-state index contributed by atoms with van der Waals surface area (Å²) in [6, 6.07) is 0. The molecule has 4 rings (SSSR count). The van der Waals surface area contributed by atoms with E-state index < -0.39 is 0 Å². The Kier molecular flexibility index (Phi) is 3.77. The first-order chi connectivity index (χ1) is 11.3. The fourth-order valence-corrected chi connectivity index (χ4v) is 3.09. The van der Waals surface area contributed by atoms with E-state index in [0.717, 1.165) is 31.6 Å². The van der Waals surface area contributed by atoms with Gasteiger partial charge in [-0.3, -0.25) is 9.78 Å². The molecule has 2 aliphatic rings. The molecular formula is C16H19N5O2. The Bertz CT molecular complexity index is 683. The van der Waals surface area contributed by atoms with Gasteiger partial charge in [0.1, 0.15) is 5.69 Å². The lowest BCUT2D eigenvalue weighted by Crippen LogP contribution is -2.40. The van der Waals surface area contributed by atoms with Crippen LogP contribution in [0.5, 0.6) is 0 Å². The largest absolute Gasteiger partial charge is 0.339 e. The van der Waals surface area contributed by atoms with Crippen molar-refractivity contribution in [3.63, 3.8) is 0 Å². The predicted molar refractivity (Wildman–Crippen MR) is 80.6 cm³/mol. The lowest BCUT2D eigenvalue weighted by molar-refractivity contribution is 0.0661. The molecule has 0 N–H and O–H groups in total. The van der Waals surface area contributed by atoms with E-state index >= 15 is 0 Å². The van der Waals surface area contributed by atoms with Gasteiger partial charge in [-0.15, -0.1) is 0 Å². The number of hydrogen-bond donors (Lipinski definition) is 0. The Balaban J connectivity index is 1.39. The highest BCUT2D eigenvalue weighted by Gasteiger charge is 2.30. The van der Waals surface area contributed by atoms with Gasteiger partial charge in [0.05, 0.1) is 6.20 Å². The summed E-state index contributed by atoms with van der Waals surface area (Å²) in [6.45, 7) is 1.47. The molecule has 0 spiro atoms. The maximum absolute atomic E-state index is 12.5. The van der Waals surface area contributed by atoms with E-state index in [9.17, 15) is 4.79 Å². The van der Waals surface area contributed by atoms with Crippen LogP contribution in [0.2, 0.25) is 0 Å². The summed E-state index contributed by atoms with van der Waals surface area (Å²) in [5.41, 5.74) is 0.405. The van der Waals surface area contributed by atoms with E-state index in [2.05, 4.69) is 20.1 Å². The van der Waals surface area contributed by atoms with E-state index in [-0.39, 0.29) is 5.91 Å². The highest BCUT2D eigenvalue weighted by molar-refractivity contribution is 5.92. The molecule has 120 valence electrons. The van der Waals surface area contributed by atoms with Crippen LogP contribution in [-0.2, 0) is 6.42 Å². The Morgan fingerprint density at radius 2 is 2.22 bits per heavy atom. The van der Waals surface area contributed by atoms with Crippen molar-refractivity contribution < 1.29 is 9.32 Å². The number of piperidine rings is 1. The molecule has 7 heteroatoms. The van der Waals surface area contributed by atoms with Crippen LogP contribution >= 0.6 is 0 Å². The number of amides is 1. The minimum atomic E-state index is -0.0491. The lowest BCUT2D eigenvalue weighted by atomic mass is 9.94. The van der Waals surface area contributed by atoms with Crippen LogP contribution in [0.15, 0.2) is 23.1 Å². The summed E-state index contributed by atoms with van der Waals surface area (Å²) in [7, 11) is 0. The van der Waals surface area contributed by atoms with Crippen molar-refractivity contribution in [3.05, 3.63) is 36.0 Å². The third-order valence-corrected chi connectivity index (χ3v) is 4.48. The fraction of sp³-hybridized carbons (Fsp3) is 0.562. The van der Waals surface area contributed by atoms with Crippen molar-refractivity contribution in [3.8, 4) is 0 Å². The van der Waals surface area contributed by atoms with Crippen LogP contribution in [0.3, 0.4) is 0 Å². The van der Waals surface area contributed by atoms with Crippen LogP contribution in [0.1, 0.15) is 53.8 Å². The average molecular weight is 313 g/mol. The monoisotopic (exact) mass is 313 g/mol. The summed E-state index contributed by atoms with van der Waals surface area (Å²) in [4.78, 5) is 26.9. The predicted octanol–water partition coefficient (Wildman–Crippen LogP) is 1.83. The number of aromatic nitrogens is 4. The quantitative estimate of drug-likeness (QED) is 0.856. The minimum Gasteiger partial charge on any atom is -0.339 e. The number of carbonyl (C=O) groups excluding carboxylic acids is 1. The molecular weight excluding hydrogens is 294 g/mol. The summed E-state index contributed by atoms with van der Waals surface area (Å²) in [6.07, 6.45) is 9.78. The molecule has 2 aromatic rings. The maximum Gasteiger partial charge on any atom is 0.274 e. The zero-order valence-electron chi connectivity index (χ0n) is 12.9. The molecule has 1 atom stereocenters. The van der Waals surface area contributed by atoms with Crippen molar-refractivity contribution in [2.75, 3.05) is 13.1 Å². The Morgan fingerprint density at radius 1 is 1.30 bits per heavy atom. The number of hydrogen-bond acceptors (Lipinski definition) is 6. The van der Waals surface area contributed by atoms with Gasteiger partial charge in [0.15, 0.2) is 5.82 Å². The van der Waals surface area contributed by atoms with Gasteiger partial charge in [0.25, 0.3) is 5.91 Å². The standard InChI is InChI=1S/C16H19N5O2/c22-16(13-9-17-5-6-18-13)21-7-1-2-11(10-21)8-14-19-15(20-23-14)12-3-4-12/h5-6,9,11-12H,1-4,7-8,10H2. The van der Waals surface area contributed by atoms with Crippen LogP contribution < -0.4 is 0 Å². The molecule has 23 heavy (non-hydrogen) atoms. The van der Waals surface area contributed by atoms with Gasteiger partial charge in [-0.1, -0.05) is 5.16 Å². The molecule has 1 aliphatic carbocycles.